The first-order chi connectivity index (χ1) is 12.3. The minimum atomic E-state index is -0.280. The second-order valence-electron chi connectivity index (χ2n) is 7.33. The summed E-state index contributed by atoms with van der Waals surface area (Å²) >= 11 is 1.25. The molecule has 4 rings (SSSR count). The number of hydrogen-bond acceptors (Lipinski definition) is 5. The lowest BCUT2D eigenvalue weighted by Crippen LogP contribution is -2.26. The number of nitrogens with one attached hydrogen (secondary N) is 2. The molecule has 1 amide bonds. The number of H-pyrrole nitrogens is 1. The van der Waals surface area contributed by atoms with Crippen LogP contribution < -0.4 is 10.1 Å². The molecule has 6 nitrogen and oxygen atoms in total. The molecule has 7 heteroatoms. The summed E-state index contributed by atoms with van der Waals surface area (Å²) in [7, 11) is 1.60. The number of nitrogens with zero attached hydrogens (tertiary/aromatic N) is 1. The standard InChI is InChI=1S/C19H19N3O3S/c1-19(2)8-14-16(15(23)9-19)26-18(21-14)22-17(24)13-6-10-4-5-11(25-3)7-12(10)20-13/h4-7,20H,8-9H2,1-3H3,(H,21,22,24). The number of Topliss-reactive ketones (excluding diaryl/α,β-unsaturated/α-hetero) is 1. The second-order valence-corrected chi connectivity index (χ2v) is 8.33. The van der Waals surface area contributed by atoms with Crippen molar-refractivity contribution in [3.8, 4) is 5.75 Å². The Labute approximate surface area is 154 Å². The summed E-state index contributed by atoms with van der Waals surface area (Å²) in [6.07, 6.45) is 1.26. The molecule has 0 bridgehead atoms. The zero-order valence-electron chi connectivity index (χ0n) is 14.8. The van der Waals surface area contributed by atoms with Crippen molar-refractivity contribution >= 4 is 39.1 Å². The Hall–Kier alpha value is -2.67. The van der Waals surface area contributed by atoms with Gasteiger partial charge in [-0.2, -0.15) is 0 Å². The van der Waals surface area contributed by atoms with E-state index in [1.54, 1.807) is 13.2 Å². The average molecular weight is 369 g/mol. The molecule has 0 saturated carbocycles. The average Bonchev–Trinajstić information content (AvgIpc) is 3.16. The third-order valence-corrected chi connectivity index (χ3v) is 5.58. The minimum absolute atomic E-state index is 0.0876. The topological polar surface area (TPSA) is 84.1 Å². The van der Waals surface area contributed by atoms with E-state index in [9.17, 15) is 9.59 Å². The highest BCUT2D eigenvalue weighted by Crippen LogP contribution is 2.38. The van der Waals surface area contributed by atoms with Crippen LogP contribution in [0.3, 0.4) is 0 Å². The number of amides is 1. The minimum Gasteiger partial charge on any atom is -0.497 e. The van der Waals surface area contributed by atoms with Gasteiger partial charge in [0.1, 0.15) is 11.4 Å². The van der Waals surface area contributed by atoms with Crippen LogP contribution in [-0.4, -0.2) is 28.8 Å². The number of aromatic nitrogens is 2. The van der Waals surface area contributed by atoms with Crippen LogP contribution >= 0.6 is 11.3 Å². The lowest BCUT2D eigenvalue weighted by atomic mass is 9.78. The molecule has 134 valence electrons. The molecule has 26 heavy (non-hydrogen) atoms. The van der Waals surface area contributed by atoms with Crippen molar-refractivity contribution in [2.75, 3.05) is 12.4 Å². The Morgan fingerprint density at radius 1 is 1.31 bits per heavy atom. The van der Waals surface area contributed by atoms with Crippen molar-refractivity contribution in [3.63, 3.8) is 0 Å². The Balaban J connectivity index is 1.58. The van der Waals surface area contributed by atoms with E-state index in [4.69, 9.17) is 4.74 Å². The maximum atomic E-state index is 12.6. The van der Waals surface area contributed by atoms with Gasteiger partial charge in [-0.1, -0.05) is 25.2 Å². The van der Waals surface area contributed by atoms with E-state index in [2.05, 4.69) is 29.1 Å². The second kappa shape index (κ2) is 5.95. The molecule has 1 aliphatic rings. The van der Waals surface area contributed by atoms with Gasteiger partial charge in [0.15, 0.2) is 10.9 Å². The van der Waals surface area contributed by atoms with Gasteiger partial charge in [0.2, 0.25) is 0 Å². The molecule has 0 atom stereocenters. The number of fused-ring (bicyclic) bond motifs is 2. The number of methoxy groups -OCH3 is 1. The first kappa shape index (κ1) is 16.8. The highest BCUT2D eigenvalue weighted by molar-refractivity contribution is 7.17. The van der Waals surface area contributed by atoms with Crippen molar-refractivity contribution < 1.29 is 14.3 Å². The molecule has 0 radical (unpaired) electrons. The van der Waals surface area contributed by atoms with Gasteiger partial charge >= 0.3 is 0 Å². The molecule has 1 aromatic carbocycles. The smallest absolute Gasteiger partial charge is 0.273 e. The number of hydrogen-bond donors (Lipinski definition) is 2. The lowest BCUT2D eigenvalue weighted by molar-refractivity contribution is 0.0915. The summed E-state index contributed by atoms with van der Waals surface area (Å²) in [5, 5.41) is 4.19. The van der Waals surface area contributed by atoms with Gasteiger partial charge in [0.25, 0.3) is 5.91 Å². The number of ketones is 1. The molecule has 0 saturated heterocycles. The van der Waals surface area contributed by atoms with Crippen LogP contribution in [0.1, 0.15) is 46.1 Å². The summed E-state index contributed by atoms with van der Waals surface area (Å²) < 4.78 is 5.20. The molecule has 2 aromatic heterocycles. The van der Waals surface area contributed by atoms with Crippen LogP contribution in [0.2, 0.25) is 0 Å². The Morgan fingerprint density at radius 3 is 2.88 bits per heavy atom. The van der Waals surface area contributed by atoms with Gasteiger partial charge < -0.3 is 9.72 Å². The summed E-state index contributed by atoms with van der Waals surface area (Å²) in [4.78, 5) is 33.1. The third kappa shape index (κ3) is 2.99. The number of thiazole rings is 1. The molecule has 2 N–H and O–H groups in total. The summed E-state index contributed by atoms with van der Waals surface area (Å²) in [5.41, 5.74) is 1.96. The predicted molar refractivity (Wildman–Crippen MR) is 101 cm³/mol. The van der Waals surface area contributed by atoms with E-state index < -0.39 is 0 Å². The number of carbonyl (C=O) groups excluding carboxylic acids is 2. The number of benzene rings is 1. The van der Waals surface area contributed by atoms with Crippen molar-refractivity contribution in [1.29, 1.82) is 0 Å². The van der Waals surface area contributed by atoms with Crippen LogP contribution in [0, 0.1) is 5.41 Å². The molecule has 3 aromatic rings. The molecule has 0 fully saturated rings. The zero-order valence-corrected chi connectivity index (χ0v) is 15.6. The van der Waals surface area contributed by atoms with Crippen LogP contribution in [0.5, 0.6) is 5.75 Å². The maximum absolute atomic E-state index is 12.6. The SMILES string of the molecule is COc1ccc2cc(C(=O)Nc3nc4c(s3)C(=O)CC(C)(C)C4)[nH]c2c1. The van der Waals surface area contributed by atoms with E-state index in [0.717, 1.165) is 28.8 Å². The fourth-order valence-corrected chi connectivity index (χ4v) is 4.21. The lowest BCUT2D eigenvalue weighted by Gasteiger charge is -2.26. The van der Waals surface area contributed by atoms with E-state index >= 15 is 0 Å². The van der Waals surface area contributed by atoms with E-state index in [0.29, 0.717) is 22.1 Å². The van der Waals surface area contributed by atoms with Gasteiger partial charge in [0.05, 0.1) is 17.7 Å². The quantitative estimate of drug-likeness (QED) is 0.730. The Bertz CT molecular complexity index is 1030. The number of ether oxygens (including phenoxy) is 1. The van der Waals surface area contributed by atoms with E-state index in [-0.39, 0.29) is 17.1 Å². The molecular weight excluding hydrogens is 350 g/mol. The molecule has 2 heterocycles. The van der Waals surface area contributed by atoms with Crippen molar-refractivity contribution in [2.45, 2.75) is 26.7 Å². The summed E-state index contributed by atoms with van der Waals surface area (Å²) in [6.45, 7) is 4.12. The normalized spacial score (nSPS) is 15.7. The molecule has 1 aliphatic carbocycles. The Morgan fingerprint density at radius 2 is 2.12 bits per heavy atom. The van der Waals surface area contributed by atoms with Crippen LogP contribution in [0.15, 0.2) is 24.3 Å². The van der Waals surface area contributed by atoms with Crippen molar-refractivity contribution in [2.24, 2.45) is 5.41 Å². The number of rotatable bonds is 3. The Kier molecular flexibility index (Phi) is 3.84. The molecule has 0 spiro atoms. The molecule has 0 unspecified atom stereocenters. The summed E-state index contributed by atoms with van der Waals surface area (Å²) in [6, 6.07) is 7.37. The number of carbonyl (C=O) groups is 2. The number of anilines is 1. The maximum Gasteiger partial charge on any atom is 0.273 e. The highest BCUT2D eigenvalue weighted by Gasteiger charge is 2.34. The molecular formula is C19H19N3O3S. The first-order valence-electron chi connectivity index (χ1n) is 8.36. The first-order valence-corrected chi connectivity index (χ1v) is 9.17. The molecule has 0 aliphatic heterocycles. The fraction of sp³-hybridized carbons (Fsp3) is 0.316. The monoisotopic (exact) mass is 369 g/mol. The largest absolute Gasteiger partial charge is 0.497 e. The van der Waals surface area contributed by atoms with Crippen LogP contribution in [0.4, 0.5) is 5.13 Å². The van der Waals surface area contributed by atoms with Gasteiger partial charge in [0, 0.05) is 23.4 Å². The van der Waals surface area contributed by atoms with Gasteiger partial charge in [-0.05, 0) is 30.0 Å². The number of aromatic amines is 1. The third-order valence-electron chi connectivity index (χ3n) is 4.53. The van der Waals surface area contributed by atoms with Crippen LogP contribution in [-0.2, 0) is 6.42 Å². The van der Waals surface area contributed by atoms with Crippen LogP contribution in [0.25, 0.3) is 10.9 Å². The van der Waals surface area contributed by atoms with Gasteiger partial charge in [-0.3, -0.25) is 14.9 Å². The summed E-state index contributed by atoms with van der Waals surface area (Å²) in [5.74, 6) is 0.546. The van der Waals surface area contributed by atoms with Crippen molar-refractivity contribution in [3.05, 3.63) is 40.5 Å². The van der Waals surface area contributed by atoms with Gasteiger partial charge in [-0.25, -0.2) is 4.98 Å². The predicted octanol–water partition coefficient (Wildman–Crippen LogP) is 4.04. The fourth-order valence-electron chi connectivity index (χ4n) is 3.29. The highest BCUT2D eigenvalue weighted by atomic mass is 32.1. The van der Waals surface area contributed by atoms with E-state index in [1.165, 1.54) is 11.3 Å². The zero-order chi connectivity index (χ0) is 18.5. The van der Waals surface area contributed by atoms with Gasteiger partial charge in [-0.15, -0.1) is 0 Å². The van der Waals surface area contributed by atoms with Crippen molar-refractivity contribution in [1.82, 2.24) is 9.97 Å². The van der Waals surface area contributed by atoms with E-state index in [1.807, 2.05) is 18.2 Å².